The minimum atomic E-state index is 0.137. The van der Waals surface area contributed by atoms with E-state index in [1.54, 1.807) is 7.11 Å². The molecule has 112 valence electrons. The van der Waals surface area contributed by atoms with Crippen molar-refractivity contribution in [1.82, 2.24) is 5.32 Å². The van der Waals surface area contributed by atoms with Gasteiger partial charge in [-0.05, 0) is 44.4 Å². The van der Waals surface area contributed by atoms with Crippen molar-refractivity contribution in [1.29, 1.82) is 0 Å². The summed E-state index contributed by atoms with van der Waals surface area (Å²) in [7, 11) is 1.69. The Morgan fingerprint density at radius 2 is 1.95 bits per heavy atom. The summed E-state index contributed by atoms with van der Waals surface area (Å²) in [5.41, 5.74) is 1.21. The fraction of sp³-hybridized carbons (Fsp3) is 0.625. The maximum Gasteiger partial charge on any atom is 0.162 e. The molecule has 0 atom stereocenters. The van der Waals surface area contributed by atoms with E-state index in [1.165, 1.54) is 31.2 Å². The normalized spacial score (nSPS) is 15.8. The zero-order valence-corrected chi connectivity index (χ0v) is 14.1. The van der Waals surface area contributed by atoms with Crippen molar-refractivity contribution >= 4 is 15.9 Å². The van der Waals surface area contributed by atoms with E-state index in [1.807, 2.05) is 19.9 Å². The van der Waals surface area contributed by atoms with E-state index in [9.17, 15) is 0 Å². The van der Waals surface area contributed by atoms with Gasteiger partial charge < -0.3 is 14.8 Å². The first-order chi connectivity index (χ1) is 9.60. The van der Waals surface area contributed by atoms with Gasteiger partial charge in [0, 0.05) is 17.1 Å². The number of nitrogens with one attached hydrogen (secondary N) is 1. The lowest BCUT2D eigenvalue weighted by atomic mass is 10.1. The molecule has 0 heterocycles. The highest BCUT2D eigenvalue weighted by Crippen LogP contribution is 2.34. The van der Waals surface area contributed by atoms with Crippen molar-refractivity contribution in [3.05, 3.63) is 22.2 Å². The molecule has 2 rings (SSSR count). The van der Waals surface area contributed by atoms with E-state index in [2.05, 4.69) is 27.3 Å². The molecule has 1 N–H and O–H groups in total. The molecule has 0 spiro atoms. The zero-order valence-electron chi connectivity index (χ0n) is 12.5. The summed E-state index contributed by atoms with van der Waals surface area (Å²) < 4.78 is 12.3. The number of hydrogen-bond donors (Lipinski definition) is 1. The first-order valence-corrected chi connectivity index (χ1v) is 8.16. The van der Waals surface area contributed by atoms with Crippen LogP contribution in [-0.2, 0) is 6.54 Å². The summed E-state index contributed by atoms with van der Waals surface area (Å²) in [6, 6.07) is 4.73. The Labute approximate surface area is 130 Å². The molecule has 4 heteroatoms. The zero-order chi connectivity index (χ0) is 14.5. The van der Waals surface area contributed by atoms with Crippen LogP contribution in [0, 0.1) is 0 Å². The van der Waals surface area contributed by atoms with E-state index in [0.29, 0.717) is 6.04 Å². The Hall–Kier alpha value is -0.740. The molecule has 1 fully saturated rings. The second kappa shape index (κ2) is 7.32. The number of methoxy groups -OCH3 is 1. The molecule has 0 aliphatic heterocycles. The third-order valence-electron chi connectivity index (χ3n) is 3.63. The van der Waals surface area contributed by atoms with Crippen molar-refractivity contribution in [2.24, 2.45) is 0 Å². The summed E-state index contributed by atoms with van der Waals surface area (Å²) >= 11 is 3.63. The van der Waals surface area contributed by atoms with Crippen molar-refractivity contribution in [2.75, 3.05) is 7.11 Å². The topological polar surface area (TPSA) is 30.5 Å². The number of halogens is 1. The monoisotopic (exact) mass is 341 g/mol. The van der Waals surface area contributed by atoms with Crippen molar-refractivity contribution in [3.63, 3.8) is 0 Å². The van der Waals surface area contributed by atoms with Crippen molar-refractivity contribution in [2.45, 2.75) is 58.2 Å². The van der Waals surface area contributed by atoms with E-state index < -0.39 is 0 Å². The van der Waals surface area contributed by atoms with Gasteiger partial charge in [0.05, 0.1) is 13.2 Å². The predicted octanol–water partition coefficient (Wildman–Crippen LogP) is 4.28. The number of ether oxygens (including phenoxy) is 2. The third-order valence-corrected chi connectivity index (χ3v) is 4.37. The minimum absolute atomic E-state index is 0.137. The van der Waals surface area contributed by atoms with Crippen LogP contribution in [0.25, 0.3) is 0 Å². The first-order valence-electron chi connectivity index (χ1n) is 7.36. The van der Waals surface area contributed by atoms with Gasteiger partial charge in [-0.25, -0.2) is 0 Å². The molecule has 0 saturated heterocycles. The second-order valence-corrected chi connectivity index (χ2v) is 6.48. The molecule has 1 aliphatic rings. The molecule has 1 saturated carbocycles. The van der Waals surface area contributed by atoms with Gasteiger partial charge in [0.1, 0.15) is 0 Å². The average molecular weight is 342 g/mol. The Morgan fingerprint density at radius 3 is 2.55 bits per heavy atom. The molecular formula is C16H24BrNO2. The summed E-state index contributed by atoms with van der Waals surface area (Å²) in [5, 5.41) is 3.62. The molecule has 1 aromatic rings. The lowest BCUT2D eigenvalue weighted by molar-refractivity contribution is 0.230. The summed E-state index contributed by atoms with van der Waals surface area (Å²) in [6.45, 7) is 4.90. The molecule has 0 unspecified atom stereocenters. The van der Waals surface area contributed by atoms with E-state index in [-0.39, 0.29) is 6.10 Å². The largest absolute Gasteiger partial charge is 0.493 e. The molecule has 1 aromatic carbocycles. The third kappa shape index (κ3) is 4.13. The maximum atomic E-state index is 5.77. The molecule has 0 aromatic heterocycles. The van der Waals surface area contributed by atoms with E-state index in [4.69, 9.17) is 9.47 Å². The van der Waals surface area contributed by atoms with Crippen LogP contribution in [0.2, 0.25) is 0 Å². The van der Waals surface area contributed by atoms with Gasteiger partial charge in [0.2, 0.25) is 0 Å². The van der Waals surface area contributed by atoms with Gasteiger partial charge in [-0.2, -0.15) is 0 Å². The second-order valence-electron chi connectivity index (χ2n) is 5.62. The Morgan fingerprint density at radius 1 is 1.25 bits per heavy atom. The van der Waals surface area contributed by atoms with Crippen LogP contribution in [0.15, 0.2) is 16.6 Å². The molecular weight excluding hydrogens is 318 g/mol. The van der Waals surface area contributed by atoms with Crippen LogP contribution >= 0.6 is 15.9 Å². The standard InChI is InChI=1S/C16H24BrNO2/c1-11(2)20-16-9-14(17)12(8-15(16)19-3)10-18-13-6-4-5-7-13/h8-9,11,13,18H,4-7,10H2,1-3H3. The molecule has 0 amide bonds. The van der Waals surface area contributed by atoms with Crippen LogP contribution < -0.4 is 14.8 Å². The highest BCUT2D eigenvalue weighted by atomic mass is 79.9. The Bertz CT molecular complexity index is 442. The lowest BCUT2D eigenvalue weighted by Gasteiger charge is -2.17. The van der Waals surface area contributed by atoms with Gasteiger partial charge >= 0.3 is 0 Å². The highest BCUT2D eigenvalue weighted by molar-refractivity contribution is 9.10. The van der Waals surface area contributed by atoms with Gasteiger partial charge in [0.25, 0.3) is 0 Å². The maximum absolute atomic E-state index is 5.77. The number of hydrogen-bond acceptors (Lipinski definition) is 3. The van der Waals surface area contributed by atoms with Crippen LogP contribution in [-0.4, -0.2) is 19.3 Å². The van der Waals surface area contributed by atoms with E-state index >= 15 is 0 Å². The fourth-order valence-electron chi connectivity index (χ4n) is 2.60. The summed E-state index contributed by atoms with van der Waals surface area (Å²) in [5.74, 6) is 1.59. The smallest absolute Gasteiger partial charge is 0.162 e. The molecule has 3 nitrogen and oxygen atoms in total. The molecule has 0 radical (unpaired) electrons. The van der Waals surface area contributed by atoms with Crippen molar-refractivity contribution < 1.29 is 9.47 Å². The molecule has 1 aliphatic carbocycles. The van der Waals surface area contributed by atoms with Crippen LogP contribution in [0.5, 0.6) is 11.5 Å². The highest BCUT2D eigenvalue weighted by Gasteiger charge is 2.16. The SMILES string of the molecule is COc1cc(CNC2CCCC2)c(Br)cc1OC(C)C. The Kier molecular flexibility index (Phi) is 5.73. The predicted molar refractivity (Wildman–Crippen MR) is 85.6 cm³/mol. The van der Waals surface area contributed by atoms with Gasteiger partial charge in [0.15, 0.2) is 11.5 Å². The average Bonchev–Trinajstić information content (AvgIpc) is 2.90. The minimum Gasteiger partial charge on any atom is -0.493 e. The van der Waals surface area contributed by atoms with Gasteiger partial charge in [-0.15, -0.1) is 0 Å². The number of rotatable bonds is 6. The Balaban J connectivity index is 2.08. The lowest BCUT2D eigenvalue weighted by Crippen LogP contribution is -2.25. The van der Waals surface area contributed by atoms with E-state index in [0.717, 1.165) is 22.5 Å². The van der Waals surface area contributed by atoms with Crippen LogP contribution in [0.4, 0.5) is 0 Å². The molecule has 20 heavy (non-hydrogen) atoms. The molecule has 0 bridgehead atoms. The quantitative estimate of drug-likeness (QED) is 0.837. The summed E-state index contributed by atoms with van der Waals surface area (Å²) in [6.07, 6.45) is 5.43. The first kappa shape index (κ1) is 15.6. The van der Waals surface area contributed by atoms with Crippen molar-refractivity contribution in [3.8, 4) is 11.5 Å². The summed E-state index contributed by atoms with van der Waals surface area (Å²) in [4.78, 5) is 0. The van der Waals surface area contributed by atoms with Crippen LogP contribution in [0.3, 0.4) is 0 Å². The van der Waals surface area contributed by atoms with Crippen LogP contribution in [0.1, 0.15) is 45.1 Å². The fourth-order valence-corrected chi connectivity index (χ4v) is 3.07. The number of benzene rings is 1. The van der Waals surface area contributed by atoms with Gasteiger partial charge in [-0.1, -0.05) is 28.8 Å². The van der Waals surface area contributed by atoms with Gasteiger partial charge in [-0.3, -0.25) is 0 Å².